The van der Waals surface area contributed by atoms with E-state index in [0.717, 1.165) is 12.3 Å². The molecule has 0 radical (unpaired) electrons. The fraction of sp³-hybridized carbons (Fsp3) is 0.250. The van der Waals surface area contributed by atoms with Gasteiger partial charge in [0, 0.05) is 5.56 Å². The van der Waals surface area contributed by atoms with Crippen molar-refractivity contribution in [3.63, 3.8) is 0 Å². The van der Waals surface area contributed by atoms with E-state index in [1.807, 2.05) is 6.92 Å². The lowest BCUT2D eigenvalue weighted by Gasteiger charge is -2.09. The standard InChI is InChI=1S/C16H15F3N8O2/c1-2-5-11-12(22-26-27(11)14-13(20)24-29-25-14)15(28)23-21-8-9-6-3-4-7-10(9)16(17,18)19/h3-4,6-8H,2,5H2,1H3,(H2,20,24)(H,23,28)/b21-8-. The molecule has 0 bridgehead atoms. The molecule has 0 fully saturated rings. The molecule has 0 saturated heterocycles. The lowest BCUT2D eigenvalue weighted by molar-refractivity contribution is -0.137. The number of nitrogens with two attached hydrogens (primary N) is 1. The minimum Gasteiger partial charge on any atom is -0.378 e. The Balaban J connectivity index is 1.83. The second kappa shape index (κ2) is 8.08. The number of nitrogens with one attached hydrogen (secondary N) is 1. The largest absolute Gasteiger partial charge is 0.417 e. The monoisotopic (exact) mass is 408 g/mol. The van der Waals surface area contributed by atoms with Gasteiger partial charge < -0.3 is 5.73 Å². The van der Waals surface area contributed by atoms with Crippen molar-refractivity contribution in [2.45, 2.75) is 25.9 Å². The molecule has 2 aromatic heterocycles. The summed E-state index contributed by atoms with van der Waals surface area (Å²) in [6, 6.07) is 4.85. The summed E-state index contributed by atoms with van der Waals surface area (Å²) in [5.41, 5.74) is 7.03. The SMILES string of the molecule is CCCc1c(C(=O)N/N=C\c2ccccc2C(F)(F)F)nnn1-c1nonc1N. The predicted octanol–water partition coefficient (Wildman–Crippen LogP) is 1.97. The maximum Gasteiger partial charge on any atom is 0.417 e. The molecule has 29 heavy (non-hydrogen) atoms. The number of aromatic nitrogens is 5. The van der Waals surface area contributed by atoms with E-state index in [1.54, 1.807) is 0 Å². The molecule has 0 saturated carbocycles. The number of hydrogen-bond acceptors (Lipinski definition) is 8. The maximum absolute atomic E-state index is 13.0. The Hall–Kier alpha value is -3.77. The summed E-state index contributed by atoms with van der Waals surface area (Å²) < 4.78 is 44.8. The van der Waals surface area contributed by atoms with Crippen LogP contribution < -0.4 is 11.2 Å². The Morgan fingerprint density at radius 1 is 1.34 bits per heavy atom. The number of anilines is 1. The maximum atomic E-state index is 13.0. The third-order valence-electron chi connectivity index (χ3n) is 3.80. The van der Waals surface area contributed by atoms with E-state index >= 15 is 0 Å². The second-order valence-corrected chi connectivity index (χ2v) is 5.80. The highest BCUT2D eigenvalue weighted by Crippen LogP contribution is 2.31. The van der Waals surface area contributed by atoms with Crippen LogP contribution in [-0.4, -0.2) is 37.4 Å². The summed E-state index contributed by atoms with van der Waals surface area (Å²) in [6.07, 6.45) is -2.61. The number of alkyl halides is 3. The van der Waals surface area contributed by atoms with Gasteiger partial charge in [-0.25, -0.2) is 10.1 Å². The van der Waals surface area contributed by atoms with E-state index in [4.69, 9.17) is 5.73 Å². The molecule has 3 aromatic rings. The molecule has 0 atom stereocenters. The fourth-order valence-corrected chi connectivity index (χ4v) is 2.53. The van der Waals surface area contributed by atoms with Gasteiger partial charge >= 0.3 is 6.18 Å². The first-order valence-corrected chi connectivity index (χ1v) is 8.35. The van der Waals surface area contributed by atoms with Crippen LogP contribution in [0.5, 0.6) is 0 Å². The zero-order valence-corrected chi connectivity index (χ0v) is 15.0. The van der Waals surface area contributed by atoms with Gasteiger partial charge in [-0.3, -0.25) is 4.79 Å². The molecular formula is C16H15F3N8O2. The van der Waals surface area contributed by atoms with Crippen molar-refractivity contribution in [1.82, 2.24) is 30.7 Å². The number of hydrazone groups is 1. The first kappa shape index (κ1) is 20.0. The van der Waals surface area contributed by atoms with Gasteiger partial charge in [-0.2, -0.15) is 23.0 Å². The summed E-state index contributed by atoms with van der Waals surface area (Å²) in [6.45, 7) is 1.87. The van der Waals surface area contributed by atoms with Crippen LogP contribution in [0.3, 0.4) is 0 Å². The summed E-state index contributed by atoms with van der Waals surface area (Å²) in [4.78, 5) is 12.4. The number of nitrogens with zero attached hydrogens (tertiary/aromatic N) is 6. The molecule has 0 aliphatic rings. The quantitative estimate of drug-likeness (QED) is 0.470. The van der Waals surface area contributed by atoms with Crippen LogP contribution in [0.15, 0.2) is 34.0 Å². The van der Waals surface area contributed by atoms with Crippen molar-refractivity contribution in [1.29, 1.82) is 0 Å². The molecule has 3 rings (SSSR count). The molecule has 1 aromatic carbocycles. The van der Waals surface area contributed by atoms with Crippen LogP contribution >= 0.6 is 0 Å². The minimum atomic E-state index is -4.55. The first-order valence-electron chi connectivity index (χ1n) is 8.35. The van der Waals surface area contributed by atoms with E-state index in [9.17, 15) is 18.0 Å². The van der Waals surface area contributed by atoms with E-state index in [0.29, 0.717) is 18.5 Å². The first-order chi connectivity index (χ1) is 13.8. The van der Waals surface area contributed by atoms with Gasteiger partial charge in [0.1, 0.15) is 0 Å². The number of rotatable bonds is 6. The Labute approximate surface area is 161 Å². The number of hydrogen-bond donors (Lipinski definition) is 2. The zero-order valence-electron chi connectivity index (χ0n) is 15.0. The second-order valence-electron chi connectivity index (χ2n) is 5.80. The van der Waals surface area contributed by atoms with Gasteiger partial charge in [-0.05, 0) is 22.8 Å². The number of carbonyl (C=O) groups excluding carboxylic acids is 1. The highest BCUT2D eigenvalue weighted by atomic mass is 19.4. The van der Waals surface area contributed by atoms with Crippen LogP contribution in [-0.2, 0) is 12.6 Å². The summed E-state index contributed by atoms with van der Waals surface area (Å²) in [7, 11) is 0. The van der Waals surface area contributed by atoms with Crippen molar-refractivity contribution in [2.75, 3.05) is 5.73 Å². The average Bonchev–Trinajstić information content (AvgIpc) is 3.27. The fourth-order valence-electron chi connectivity index (χ4n) is 2.53. The van der Waals surface area contributed by atoms with Crippen molar-refractivity contribution < 1.29 is 22.6 Å². The summed E-state index contributed by atoms with van der Waals surface area (Å²) in [5.74, 6) is -0.723. The Kier molecular flexibility index (Phi) is 5.57. The van der Waals surface area contributed by atoms with Crippen molar-refractivity contribution in [3.05, 3.63) is 46.8 Å². The van der Waals surface area contributed by atoms with Crippen molar-refractivity contribution in [2.24, 2.45) is 5.10 Å². The normalized spacial score (nSPS) is 11.9. The highest BCUT2D eigenvalue weighted by Gasteiger charge is 2.32. The molecule has 0 spiro atoms. The number of halogens is 3. The molecule has 13 heteroatoms. The van der Waals surface area contributed by atoms with Crippen LogP contribution in [0.4, 0.5) is 19.0 Å². The van der Waals surface area contributed by atoms with Crippen molar-refractivity contribution >= 4 is 17.9 Å². The van der Waals surface area contributed by atoms with Crippen molar-refractivity contribution in [3.8, 4) is 5.82 Å². The van der Waals surface area contributed by atoms with Gasteiger partial charge in [0.25, 0.3) is 5.91 Å². The molecule has 10 nitrogen and oxygen atoms in total. The third-order valence-corrected chi connectivity index (χ3v) is 3.80. The third kappa shape index (κ3) is 4.23. The highest BCUT2D eigenvalue weighted by molar-refractivity contribution is 5.94. The van der Waals surface area contributed by atoms with Crippen LogP contribution in [0.1, 0.15) is 40.7 Å². The topological polar surface area (TPSA) is 137 Å². The van der Waals surface area contributed by atoms with Gasteiger partial charge in [0.2, 0.25) is 11.6 Å². The van der Waals surface area contributed by atoms with Gasteiger partial charge in [0.15, 0.2) is 5.69 Å². The van der Waals surface area contributed by atoms with Gasteiger partial charge in [-0.1, -0.05) is 36.8 Å². The number of benzene rings is 1. The number of nitrogen functional groups attached to an aromatic ring is 1. The lowest BCUT2D eigenvalue weighted by Crippen LogP contribution is -2.20. The summed E-state index contributed by atoms with van der Waals surface area (Å²) >= 11 is 0. The molecule has 152 valence electrons. The smallest absolute Gasteiger partial charge is 0.378 e. The van der Waals surface area contributed by atoms with Crippen LogP contribution in [0.2, 0.25) is 0 Å². The average molecular weight is 408 g/mol. The van der Waals surface area contributed by atoms with E-state index in [1.165, 1.54) is 22.9 Å². The lowest BCUT2D eigenvalue weighted by atomic mass is 10.1. The van der Waals surface area contributed by atoms with E-state index in [2.05, 4.69) is 35.8 Å². The Morgan fingerprint density at radius 3 is 2.76 bits per heavy atom. The van der Waals surface area contributed by atoms with Gasteiger partial charge in [0.05, 0.1) is 17.5 Å². The minimum absolute atomic E-state index is 0.0408. The Morgan fingerprint density at radius 2 is 2.10 bits per heavy atom. The van der Waals surface area contributed by atoms with Crippen LogP contribution in [0, 0.1) is 0 Å². The number of carbonyl (C=O) groups is 1. The van der Waals surface area contributed by atoms with E-state index in [-0.39, 0.29) is 22.9 Å². The molecule has 1 amide bonds. The van der Waals surface area contributed by atoms with E-state index < -0.39 is 17.6 Å². The van der Waals surface area contributed by atoms with Crippen LogP contribution in [0.25, 0.3) is 5.82 Å². The zero-order chi connectivity index (χ0) is 21.0. The molecule has 2 heterocycles. The molecule has 0 aliphatic carbocycles. The molecule has 0 aliphatic heterocycles. The molecular weight excluding hydrogens is 393 g/mol. The molecule has 0 unspecified atom stereocenters. The number of amides is 1. The molecule has 3 N–H and O–H groups in total. The Bertz CT molecular complexity index is 1040. The summed E-state index contributed by atoms with van der Waals surface area (Å²) in [5, 5.41) is 18.3. The predicted molar refractivity (Wildman–Crippen MR) is 94.1 cm³/mol. The van der Waals surface area contributed by atoms with Gasteiger partial charge in [-0.15, -0.1) is 5.10 Å².